The van der Waals surface area contributed by atoms with Crippen molar-refractivity contribution in [1.82, 2.24) is 4.57 Å². The lowest BCUT2D eigenvalue weighted by Gasteiger charge is -2.20. The highest BCUT2D eigenvalue weighted by Gasteiger charge is 2.25. The number of hydrogen-bond acceptors (Lipinski definition) is 8. The fourth-order valence-electron chi connectivity index (χ4n) is 3.86. The van der Waals surface area contributed by atoms with Gasteiger partial charge in [-0.25, -0.2) is 4.79 Å². The van der Waals surface area contributed by atoms with Crippen molar-refractivity contribution >= 4 is 39.8 Å². The monoisotopic (exact) mass is 508 g/mol. The molecule has 0 atom stereocenters. The summed E-state index contributed by atoms with van der Waals surface area (Å²) < 4.78 is 22.7. The van der Waals surface area contributed by atoms with Gasteiger partial charge in [-0.3, -0.25) is 9.59 Å². The molecule has 0 fully saturated rings. The molecule has 36 heavy (non-hydrogen) atoms. The number of carbonyl (C=O) groups excluding carboxylic acids is 2. The zero-order valence-electron chi connectivity index (χ0n) is 20.4. The van der Waals surface area contributed by atoms with Crippen LogP contribution in [-0.4, -0.2) is 51.9 Å². The van der Waals surface area contributed by atoms with Crippen molar-refractivity contribution in [3.63, 3.8) is 0 Å². The number of nitrogens with zero attached hydrogens (tertiary/aromatic N) is 2. The molecule has 9 nitrogen and oxygen atoms in total. The highest BCUT2D eigenvalue weighted by atomic mass is 32.1. The van der Waals surface area contributed by atoms with E-state index in [9.17, 15) is 14.4 Å². The number of ether oxygens (including phenoxy) is 4. The molecule has 0 aliphatic heterocycles. The Morgan fingerprint density at radius 2 is 1.58 bits per heavy atom. The van der Waals surface area contributed by atoms with Crippen molar-refractivity contribution in [2.75, 3.05) is 40.4 Å². The number of pyridine rings is 1. The molecule has 10 heteroatoms. The normalized spacial score (nSPS) is 10.7. The Morgan fingerprint density at radius 3 is 2.19 bits per heavy atom. The number of hydrogen-bond donors (Lipinski definition) is 0. The summed E-state index contributed by atoms with van der Waals surface area (Å²) in [4.78, 5) is 40.9. The molecule has 0 radical (unpaired) electrons. The molecule has 0 saturated carbocycles. The highest BCUT2D eigenvalue weighted by molar-refractivity contribution is 7.12. The molecule has 2 aromatic carbocycles. The largest absolute Gasteiger partial charge is 0.497 e. The maximum atomic E-state index is 13.6. The fraction of sp³-hybridized carbons (Fsp3) is 0.192. The van der Waals surface area contributed by atoms with Gasteiger partial charge in [0.15, 0.2) is 11.5 Å². The number of esters is 1. The first kappa shape index (κ1) is 24.8. The molecule has 186 valence electrons. The van der Waals surface area contributed by atoms with Gasteiger partial charge in [0.25, 0.3) is 5.91 Å². The smallest absolute Gasteiger partial charge is 0.350 e. The van der Waals surface area contributed by atoms with Crippen LogP contribution in [0.2, 0.25) is 0 Å². The topological polar surface area (TPSA) is 96.3 Å². The molecule has 0 aliphatic carbocycles. The van der Waals surface area contributed by atoms with Crippen LogP contribution in [0, 0.1) is 0 Å². The number of anilines is 1. The number of fused-ring (bicyclic) bond motifs is 1. The molecule has 0 bridgehead atoms. The number of benzene rings is 2. The summed E-state index contributed by atoms with van der Waals surface area (Å²) in [5, 5.41) is 1.94. The van der Waals surface area contributed by atoms with Gasteiger partial charge in [-0.1, -0.05) is 0 Å². The maximum absolute atomic E-state index is 13.6. The van der Waals surface area contributed by atoms with Crippen LogP contribution in [0.4, 0.5) is 5.69 Å². The van der Waals surface area contributed by atoms with Gasteiger partial charge in [0.2, 0.25) is 5.43 Å². The number of carbonyl (C=O) groups is 2. The predicted octanol–water partition coefficient (Wildman–Crippen LogP) is 4.14. The summed E-state index contributed by atoms with van der Waals surface area (Å²) in [5.41, 5.74) is 0.987. The minimum Gasteiger partial charge on any atom is -0.497 e. The van der Waals surface area contributed by atoms with Crippen molar-refractivity contribution in [2.24, 2.45) is 0 Å². The lowest BCUT2D eigenvalue weighted by molar-refractivity contribution is 0.0607. The van der Waals surface area contributed by atoms with Crippen LogP contribution >= 0.6 is 11.3 Å². The molecule has 1 amide bonds. The Labute approximate surface area is 211 Å². The first-order valence-electron chi connectivity index (χ1n) is 10.7. The van der Waals surface area contributed by atoms with Crippen LogP contribution in [0.15, 0.2) is 58.8 Å². The zero-order valence-corrected chi connectivity index (χ0v) is 21.2. The minimum atomic E-state index is -0.581. The Morgan fingerprint density at radius 1 is 0.917 bits per heavy atom. The second-order valence-electron chi connectivity index (χ2n) is 7.65. The maximum Gasteiger partial charge on any atom is 0.350 e. The second kappa shape index (κ2) is 10.1. The van der Waals surface area contributed by atoms with Crippen molar-refractivity contribution in [2.45, 2.75) is 0 Å². The van der Waals surface area contributed by atoms with E-state index in [0.717, 1.165) is 11.3 Å². The molecule has 0 N–H and O–H groups in total. The number of methoxy groups -OCH3 is 4. The van der Waals surface area contributed by atoms with Crippen molar-refractivity contribution in [3.8, 4) is 22.9 Å². The number of aromatic nitrogens is 1. The van der Waals surface area contributed by atoms with Gasteiger partial charge in [0.1, 0.15) is 16.2 Å². The second-order valence-corrected chi connectivity index (χ2v) is 8.57. The van der Waals surface area contributed by atoms with Crippen LogP contribution in [0.5, 0.6) is 17.2 Å². The quantitative estimate of drug-likeness (QED) is 0.346. The van der Waals surface area contributed by atoms with Crippen molar-refractivity contribution in [3.05, 3.63) is 74.7 Å². The Bertz CT molecular complexity index is 1510. The van der Waals surface area contributed by atoms with E-state index < -0.39 is 17.3 Å². The average molecular weight is 509 g/mol. The predicted molar refractivity (Wildman–Crippen MR) is 138 cm³/mol. The summed E-state index contributed by atoms with van der Waals surface area (Å²) in [5.74, 6) is 0.302. The van der Waals surface area contributed by atoms with Crippen LogP contribution in [0.3, 0.4) is 0 Å². The first-order valence-corrected chi connectivity index (χ1v) is 11.6. The van der Waals surface area contributed by atoms with E-state index in [1.54, 1.807) is 47.4 Å². The average Bonchev–Trinajstić information content (AvgIpc) is 3.41. The van der Waals surface area contributed by atoms with E-state index in [4.69, 9.17) is 18.9 Å². The van der Waals surface area contributed by atoms with Gasteiger partial charge >= 0.3 is 5.97 Å². The zero-order chi connectivity index (χ0) is 26.0. The minimum absolute atomic E-state index is 0.0879. The Kier molecular flexibility index (Phi) is 6.98. The molecule has 2 aromatic heterocycles. The summed E-state index contributed by atoms with van der Waals surface area (Å²) in [7, 11) is 7.32. The van der Waals surface area contributed by atoms with Gasteiger partial charge in [0, 0.05) is 25.0 Å². The van der Waals surface area contributed by atoms with E-state index in [-0.39, 0.29) is 15.8 Å². The molecule has 0 aliphatic rings. The van der Waals surface area contributed by atoms with E-state index in [2.05, 4.69) is 0 Å². The first-order chi connectivity index (χ1) is 17.3. The highest BCUT2D eigenvalue weighted by Crippen LogP contribution is 2.33. The lowest BCUT2D eigenvalue weighted by atomic mass is 10.1. The van der Waals surface area contributed by atoms with E-state index in [0.29, 0.717) is 34.1 Å². The summed E-state index contributed by atoms with van der Waals surface area (Å²) in [6, 6.07) is 12.1. The summed E-state index contributed by atoms with van der Waals surface area (Å²) >= 11 is 1.15. The standard InChI is InChI=1S/C26H24N2O7S/c1-27(19-10-11-36-24(19)26(31)35-5)25(30)18-14-28(15-6-8-16(32-2)9-7-15)20-13-22(34-4)21(33-3)12-17(20)23(18)29/h6-14H,1-5H3. The van der Waals surface area contributed by atoms with Gasteiger partial charge in [-0.15, -0.1) is 11.3 Å². The van der Waals surface area contributed by atoms with Crippen LogP contribution in [0.25, 0.3) is 16.6 Å². The van der Waals surface area contributed by atoms with Gasteiger partial charge in [0.05, 0.1) is 45.0 Å². The summed E-state index contributed by atoms with van der Waals surface area (Å²) in [6.07, 6.45) is 1.49. The molecule has 0 saturated heterocycles. The molecule has 0 unspecified atom stereocenters. The van der Waals surface area contributed by atoms with Crippen molar-refractivity contribution in [1.29, 1.82) is 0 Å². The third kappa shape index (κ3) is 4.27. The van der Waals surface area contributed by atoms with Gasteiger partial charge < -0.3 is 28.4 Å². The Balaban J connectivity index is 1.95. The SMILES string of the molecule is COC(=O)c1sccc1N(C)C(=O)c1cn(-c2ccc(OC)cc2)c2cc(OC)c(OC)cc2c1=O. The van der Waals surface area contributed by atoms with E-state index in [1.807, 2.05) is 12.1 Å². The molecule has 4 rings (SSSR count). The molecule has 2 heterocycles. The number of thiophene rings is 1. The van der Waals surface area contributed by atoms with Crippen LogP contribution in [0.1, 0.15) is 20.0 Å². The fourth-order valence-corrected chi connectivity index (χ4v) is 4.70. The van der Waals surface area contributed by atoms with Crippen LogP contribution < -0.4 is 24.5 Å². The molecule has 0 spiro atoms. The van der Waals surface area contributed by atoms with E-state index in [1.165, 1.54) is 39.5 Å². The lowest BCUT2D eigenvalue weighted by Crippen LogP contribution is -2.32. The number of amides is 1. The van der Waals surface area contributed by atoms with Gasteiger partial charge in [-0.2, -0.15) is 0 Å². The van der Waals surface area contributed by atoms with E-state index >= 15 is 0 Å². The molecular formula is C26H24N2O7S. The summed E-state index contributed by atoms with van der Waals surface area (Å²) in [6.45, 7) is 0. The number of rotatable bonds is 7. The van der Waals surface area contributed by atoms with Crippen molar-refractivity contribution < 1.29 is 28.5 Å². The third-order valence-electron chi connectivity index (χ3n) is 5.77. The van der Waals surface area contributed by atoms with Crippen LogP contribution in [-0.2, 0) is 4.74 Å². The molecule has 4 aromatic rings. The Hall–Kier alpha value is -4.31. The third-order valence-corrected chi connectivity index (χ3v) is 6.65. The van der Waals surface area contributed by atoms with Gasteiger partial charge in [-0.05, 0) is 41.8 Å². The molecular weight excluding hydrogens is 484 g/mol.